The Kier molecular flexibility index (Phi) is 5.83. The van der Waals surface area contributed by atoms with Gasteiger partial charge in [0.05, 0.1) is 4.90 Å². The van der Waals surface area contributed by atoms with E-state index in [0.29, 0.717) is 12.1 Å². The first kappa shape index (κ1) is 17.8. The van der Waals surface area contributed by atoms with Crippen LogP contribution in [0.3, 0.4) is 0 Å². The third kappa shape index (κ3) is 4.50. The predicted octanol–water partition coefficient (Wildman–Crippen LogP) is 2.39. The van der Waals surface area contributed by atoms with Crippen LogP contribution in [0.25, 0.3) is 6.08 Å². The molecule has 126 valence electrons. The normalized spacial score (nSPS) is 11.9. The Labute approximate surface area is 141 Å². The Morgan fingerprint density at radius 3 is 2.33 bits per heavy atom. The second kappa shape index (κ2) is 7.85. The van der Waals surface area contributed by atoms with Crippen molar-refractivity contribution in [1.82, 2.24) is 9.29 Å². The van der Waals surface area contributed by atoms with E-state index in [1.165, 1.54) is 22.5 Å². The van der Waals surface area contributed by atoms with Crippen LogP contribution in [0.2, 0.25) is 0 Å². The molecular formula is C17H18N2O4S. The number of benzene rings is 1. The van der Waals surface area contributed by atoms with Crippen LogP contribution in [-0.2, 0) is 21.4 Å². The van der Waals surface area contributed by atoms with Crippen molar-refractivity contribution in [3.8, 4) is 0 Å². The summed E-state index contributed by atoms with van der Waals surface area (Å²) in [7, 11) is -3.62. The molecule has 0 aliphatic heterocycles. The van der Waals surface area contributed by atoms with Gasteiger partial charge in [0.2, 0.25) is 10.0 Å². The smallest absolute Gasteiger partial charge is 0.328 e. The van der Waals surface area contributed by atoms with Gasteiger partial charge >= 0.3 is 5.97 Å². The van der Waals surface area contributed by atoms with Gasteiger partial charge in [-0.2, -0.15) is 4.31 Å². The number of nitrogens with zero attached hydrogens (tertiary/aromatic N) is 2. The second-order valence-corrected chi connectivity index (χ2v) is 6.97. The van der Waals surface area contributed by atoms with Crippen LogP contribution in [0.1, 0.15) is 18.1 Å². The maximum absolute atomic E-state index is 12.7. The zero-order valence-corrected chi connectivity index (χ0v) is 14.0. The summed E-state index contributed by atoms with van der Waals surface area (Å²) in [5.74, 6) is -1.05. The standard InChI is InChI=1S/C17H18N2O4S/c1-2-19(13-15-9-11-18-12-10-15)24(22,23)16-6-3-14(4-7-16)5-8-17(20)21/h3-12H,2,13H2,1H3,(H,20,21)/b8-5+. The number of carboxylic acid groups (broad SMARTS) is 1. The predicted molar refractivity (Wildman–Crippen MR) is 90.6 cm³/mol. The fraction of sp³-hybridized carbons (Fsp3) is 0.176. The lowest BCUT2D eigenvalue weighted by molar-refractivity contribution is -0.131. The number of pyridine rings is 1. The van der Waals surface area contributed by atoms with Crippen molar-refractivity contribution in [3.05, 3.63) is 66.0 Å². The van der Waals surface area contributed by atoms with E-state index < -0.39 is 16.0 Å². The Morgan fingerprint density at radius 1 is 1.17 bits per heavy atom. The largest absolute Gasteiger partial charge is 0.478 e. The summed E-state index contributed by atoms with van der Waals surface area (Å²) in [4.78, 5) is 14.6. The molecule has 0 radical (unpaired) electrons. The molecule has 1 heterocycles. The molecule has 1 N–H and O–H groups in total. The number of carbonyl (C=O) groups is 1. The lowest BCUT2D eigenvalue weighted by atomic mass is 10.2. The highest BCUT2D eigenvalue weighted by atomic mass is 32.2. The zero-order valence-electron chi connectivity index (χ0n) is 13.2. The van der Waals surface area contributed by atoms with Gasteiger partial charge in [-0.05, 0) is 41.5 Å². The number of rotatable bonds is 7. The molecule has 7 heteroatoms. The first-order chi connectivity index (χ1) is 11.4. The molecule has 0 unspecified atom stereocenters. The van der Waals surface area contributed by atoms with Gasteiger partial charge in [-0.3, -0.25) is 4.98 Å². The Bertz CT molecular complexity index is 815. The van der Waals surface area contributed by atoms with Crippen LogP contribution in [0.4, 0.5) is 0 Å². The average molecular weight is 346 g/mol. The SMILES string of the molecule is CCN(Cc1ccncc1)S(=O)(=O)c1ccc(/C=C/C(=O)O)cc1. The second-order valence-electron chi connectivity index (χ2n) is 5.03. The highest BCUT2D eigenvalue weighted by Gasteiger charge is 2.23. The Hall–Kier alpha value is -2.51. The molecule has 0 spiro atoms. The molecule has 0 aliphatic carbocycles. The van der Waals surface area contributed by atoms with Gasteiger partial charge in [0.25, 0.3) is 0 Å². The van der Waals surface area contributed by atoms with Crippen molar-refractivity contribution in [2.24, 2.45) is 0 Å². The van der Waals surface area contributed by atoms with E-state index in [4.69, 9.17) is 5.11 Å². The molecule has 1 aromatic heterocycles. The van der Waals surface area contributed by atoms with Gasteiger partial charge in [0, 0.05) is 31.6 Å². The van der Waals surface area contributed by atoms with Gasteiger partial charge in [-0.15, -0.1) is 0 Å². The molecule has 2 rings (SSSR count). The van der Waals surface area contributed by atoms with Crippen molar-refractivity contribution in [1.29, 1.82) is 0 Å². The average Bonchev–Trinajstić information content (AvgIpc) is 2.59. The highest BCUT2D eigenvalue weighted by Crippen LogP contribution is 2.19. The summed E-state index contributed by atoms with van der Waals surface area (Å²) in [6.07, 6.45) is 5.66. The summed E-state index contributed by atoms with van der Waals surface area (Å²) in [6.45, 7) is 2.38. The van der Waals surface area contributed by atoms with Crippen molar-refractivity contribution in [2.75, 3.05) is 6.54 Å². The highest BCUT2D eigenvalue weighted by molar-refractivity contribution is 7.89. The van der Waals surface area contributed by atoms with Gasteiger partial charge < -0.3 is 5.11 Å². The topological polar surface area (TPSA) is 87.6 Å². The monoisotopic (exact) mass is 346 g/mol. The summed E-state index contributed by atoms with van der Waals surface area (Å²) in [5.41, 5.74) is 1.48. The van der Waals surface area contributed by atoms with Crippen LogP contribution in [0.5, 0.6) is 0 Å². The molecule has 0 aliphatic rings. The molecule has 0 amide bonds. The molecule has 0 bridgehead atoms. The van der Waals surface area contributed by atoms with Gasteiger partial charge in [0.1, 0.15) is 0 Å². The molecule has 24 heavy (non-hydrogen) atoms. The molecular weight excluding hydrogens is 328 g/mol. The fourth-order valence-corrected chi connectivity index (χ4v) is 3.56. The summed E-state index contributed by atoms with van der Waals surface area (Å²) >= 11 is 0. The number of aromatic nitrogens is 1. The Morgan fingerprint density at radius 2 is 1.79 bits per heavy atom. The summed E-state index contributed by atoms with van der Waals surface area (Å²) < 4.78 is 26.9. The molecule has 6 nitrogen and oxygen atoms in total. The van der Waals surface area contributed by atoms with E-state index >= 15 is 0 Å². The van der Waals surface area contributed by atoms with Crippen molar-refractivity contribution in [3.63, 3.8) is 0 Å². The molecule has 1 aromatic carbocycles. The maximum Gasteiger partial charge on any atom is 0.328 e. The lowest BCUT2D eigenvalue weighted by Crippen LogP contribution is -2.30. The number of sulfonamides is 1. The lowest BCUT2D eigenvalue weighted by Gasteiger charge is -2.20. The Balaban J connectivity index is 2.22. The van der Waals surface area contributed by atoms with Crippen molar-refractivity contribution < 1.29 is 18.3 Å². The number of hydrogen-bond acceptors (Lipinski definition) is 4. The minimum atomic E-state index is -3.62. The third-order valence-corrected chi connectivity index (χ3v) is 5.33. The quantitative estimate of drug-likeness (QED) is 0.778. The van der Waals surface area contributed by atoms with Crippen LogP contribution < -0.4 is 0 Å². The van der Waals surface area contributed by atoms with Crippen molar-refractivity contribution >= 4 is 22.1 Å². The van der Waals surface area contributed by atoms with Crippen LogP contribution in [0.15, 0.2) is 59.8 Å². The van der Waals surface area contributed by atoms with E-state index in [1.54, 1.807) is 43.6 Å². The fourth-order valence-electron chi connectivity index (χ4n) is 2.13. The van der Waals surface area contributed by atoms with Crippen LogP contribution >= 0.6 is 0 Å². The first-order valence-corrected chi connectivity index (χ1v) is 8.77. The molecule has 0 saturated heterocycles. The zero-order chi connectivity index (χ0) is 17.6. The molecule has 0 atom stereocenters. The van der Waals surface area contributed by atoms with E-state index in [0.717, 1.165) is 11.6 Å². The number of aliphatic carboxylic acids is 1. The van der Waals surface area contributed by atoms with E-state index in [1.807, 2.05) is 0 Å². The summed E-state index contributed by atoms with van der Waals surface area (Å²) in [5, 5.41) is 8.61. The van der Waals surface area contributed by atoms with Crippen LogP contribution in [0, 0.1) is 0 Å². The molecule has 2 aromatic rings. The molecule has 0 fully saturated rings. The number of hydrogen-bond donors (Lipinski definition) is 1. The van der Waals surface area contributed by atoms with E-state index in [2.05, 4.69) is 4.98 Å². The van der Waals surface area contributed by atoms with Crippen molar-refractivity contribution in [2.45, 2.75) is 18.4 Å². The maximum atomic E-state index is 12.7. The van der Waals surface area contributed by atoms with Gasteiger partial charge in [-0.1, -0.05) is 19.1 Å². The van der Waals surface area contributed by atoms with E-state index in [9.17, 15) is 13.2 Å². The van der Waals surface area contributed by atoms with Crippen LogP contribution in [-0.4, -0.2) is 35.3 Å². The first-order valence-electron chi connectivity index (χ1n) is 7.33. The van der Waals surface area contributed by atoms with Gasteiger partial charge in [-0.25, -0.2) is 13.2 Å². The molecule has 0 saturated carbocycles. The minimum Gasteiger partial charge on any atom is -0.478 e. The number of carboxylic acids is 1. The summed E-state index contributed by atoms with van der Waals surface area (Å²) in [6, 6.07) is 9.66. The minimum absolute atomic E-state index is 0.172. The third-order valence-electron chi connectivity index (χ3n) is 3.40. The van der Waals surface area contributed by atoms with E-state index in [-0.39, 0.29) is 11.4 Å². The van der Waals surface area contributed by atoms with Gasteiger partial charge in [0.15, 0.2) is 0 Å².